The lowest BCUT2D eigenvalue weighted by Crippen LogP contribution is -2.63. The van der Waals surface area contributed by atoms with E-state index in [1.165, 1.54) is 4.90 Å². The van der Waals surface area contributed by atoms with E-state index in [0.717, 1.165) is 10.0 Å². The topological polar surface area (TPSA) is 57.6 Å². The molecule has 2 amide bonds. The minimum atomic E-state index is -0.886. The van der Waals surface area contributed by atoms with Crippen molar-refractivity contribution in [1.82, 2.24) is 4.90 Å². The molecule has 1 fully saturated rings. The molecule has 24 heavy (non-hydrogen) atoms. The highest BCUT2D eigenvalue weighted by molar-refractivity contribution is 9.10. The number of nitrogens with zero attached hydrogens (tertiary/aromatic N) is 1. The van der Waals surface area contributed by atoms with Gasteiger partial charge in [0.05, 0.1) is 22.3 Å². The summed E-state index contributed by atoms with van der Waals surface area (Å²) in [6.45, 7) is 1.74. The Hall–Kier alpha value is -1.98. The fraction of sp³-hybridized carbons (Fsp3) is 0.263. The molecule has 4 rings (SSSR count). The largest absolute Gasteiger partial charge is 0.390 e. The number of fused-ring (bicyclic) bond motifs is 1. The van der Waals surface area contributed by atoms with Crippen molar-refractivity contribution < 1.29 is 14.7 Å². The van der Waals surface area contributed by atoms with E-state index in [9.17, 15) is 14.7 Å². The molecule has 0 spiro atoms. The average Bonchev–Trinajstić information content (AvgIpc) is 2.78. The lowest BCUT2D eigenvalue weighted by molar-refractivity contribution is -0.118. The van der Waals surface area contributed by atoms with Gasteiger partial charge in [0, 0.05) is 17.3 Å². The third kappa shape index (κ3) is 2.08. The fourth-order valence-corrected chi connectivity index (χ4v) is 4.30. The number of hydrogen-bond acceptors (Lipinski definition) is 3. The summed E-state index contributed by atoms with van der Waals surface area (Å²) in [5, 5.41) is 10.4. The van der Waals surface area contributed by atoms with Gasteiger partial charge in [-0.3, -0.25) is 14.5 Å². The predicted molar refractivity (Wildman–Crippen MR) is 92.6 cm³/mol. The summed E-state index contributed by atoms with van der Waals surface area (Å²) < 4.78 is 0.926. The highest BCUT2D eigenvalue weighted by Gasteiger charge is 2.60. The Morgan fingerprint density at radius 1 is 0.958 bits per heavy atom. The van der Waals surface area contributed by atoms with Crippen LogP contribution in [0.15, 0.2) is 53.0 Å². The Morgan fingerprint density at radius 3 is 1.92 bits per heavy atom. The number of imide groups is 1. The van der Waals surface area contributed by atoms with Crippen LogP contribution in [0, 0.1) is 0 Å². The Labute approximate surface area is 148 Å². The molecule has 2 aliphatic rings. The molecule has 0 aromatic heterocycles. The van der Waals surface area contributed by atoms with Crippen LogP contribution >= 0.6 is 15.9 Å². The van der Waals surface area contributed by atoms with Crippen LogP contribution < -0.4 is 0 Å². The first kappa shape index (κ1) is 15.5. The van der Waals surface area contributed by atoms with E-state index in [0.29, 0.717) is 24.0 Å². The van der Waals surface area contributed by atoms with Crippen molar-refractivity contribution in [2.75, 3.05) is 0 Å². The first-order valence-electron chi connectivity index (χ1n) is 7.80. The van der Waals surface area contributed by atoms with E-state index in [-0.39, 0.29) is 11.8 Å². The van der Waals surface area contributed by atoms with Gasteiger partial charge in [-0.1, -0.05) is 40.2 Å². The van der Waals surface area contributed by atoms with Gasteiger partial charge < -0.3 is 5.11 Å². The standard InChI is InChI=1S/C19H16BrNO3/c1-18(24)10-19(11-18,12-6-8-13(20)9-7-12)21-16(22)14-4-2-3-5-15(14)17(21)23/h2-9,24H,10-11H2,1H3. The molecule has 0 unspecified atom stereocenters. The number of benzene rings is 2. The van der Waals surface area contributed by atoms with Crippen LogP contribution in [-0.2, 0) is 5.54 Å². The van der Waals surface area contributed by atoms with Gasteiger partial charge in [-0.25, -0.2) is 0 Å². The van der Waals surface area contributed by atoms with E-state index in [2.05, 4.69) is 15.9 Å². The Kier molecular flexibility index (Phi) is 3.24. The number of carbonyl (C=O) groups is 2. The second-order valence-electron chi connectivity index (χ2n) is 6.88. The summed E-state index contributed by atoms with van der Waals surface area (Å²) >= 11 is 3.41. The van der Waals surface area contributed by atoms with Gasteiger partial charge in [-0.15, -0.1) is 0 Å². The highest BCUT2D eigenvalue weighted by atomic mass is 79.9. The zero-order valence-corrected chi connectivity index (χ0v) is 14.7. The summed E-state index contributed by atoms with van der Waals surface area (Å²) in [4.78, 5) is 27.2. The molecule has 5 heteroatoms. The maximum atomic E-state index is 12.9. The third-order valence-electron chi connectivity index (χ3n) is 4.95. The molecule has 1 heterocycles. The van der Waals surface area contributed by atoms with Crippen LogP contribution in [0.25, 0.3) is 0 Å². The number of carbonyl (C=O) groups excluding carboxylic acids is 2. The summed E-state index contributed by atoms with van der Waals surface area (Å²) in [7, 11) is 0. The molecule has 1 N–H and O–H groups in total. The maximum absolute atomic E-state index is 12.9. The first-order valence-corrected chi connectivity index (χ1v) is 8.60. The number of amides is 2. The zero-order chi connectivity index (χ0) is 17.1. The first-order chi connectivity index (χ1) is 11.3. The van der Waals surface area contributed by atoms with Crippen molar-refractivity contribution in [3.63, 3.8) is 0 Å². The van der Waals surface area contributed by atoms with Crippen LogP contribution in [0.1, 0.15) is 46.0 Å². The van der Waals surface area contributed by atoms with Crippen molar-refractivity contribution in [1.29, 1.82) is 0 Å². The van der Waals surface area contributed by atoms with Crippen LogP contribution in [0.4, 0.5) is 0 Å². The van der Waals surface area contributed by atoms with E-state index in [1.54, 1.807) is 31.2 Å². The van der Waals surface area contributed by atoms with Crippen molar-refractivity contribution in [3.8, 4) is 0 Å². The van der Waals surface area contributed by atoms with E-state index in [1.807, 2.05) is 24.3 Å². The molecule has 0 bridgehead atoms. The number of aliphatic hydroxyl groups is 1. The van der Waals surface area contributed by atoms with Crippen LogP contribution in [0.2, 0.25) is 0 Å². The Balaban J connectivity index is 1.84. The van der Waals surface area contributed by atoms with Gasteiger partial charge in [0.25, 0.3) is 11.8 Å². The smallest absolute Gasteiger partial charge is 0.262 e. The third-order valence-corrected chi connectivity index (χ3v) is 5.48. The summed E-state index contributed by atoms with van der Waals surface area (Å²) in [5.74, 6) is -0.567. The second kappa shape index (κ2) is 5.01. The van der Waals surface area contributed by atoms with Crippen LogP contribution in [-0.4, -0.2) is 27.4 Å². The molecule has 122 valence electrons. The molecule has 4 nitrogen and oxygen atoms in total. The average molecular weight is 386 g/mol. The van der Waals surface area contributed by atoms with Crippen LogP contribution in [0.3, 0.4) is 0 Å². The van der Waals surface area contributed by atoms with Crippen molar-refractivity contribution in [3.05, 3.63) is 69.7 Å². The number of rotatable bonds is 2. The molecule has 0 saturated heterocycles. The molecule has 1 aliphatic heterocycles. The van der Waals surface area contributed by atoms with E-state index < -0.39 is 11.1 Å². The summed E-state index contributed by atoms with van der Waals surface area (Å²) in [5.41, 5.74) is 0.0579. The number of hydrogen-bond donors (Lipinski definition) is 1. The maximum Gasteiger partial charge on any atom is 0.262 e. The SMILES string of the molecule is CC1(O)CC(c2ccc(Br)cc2)(N2C(=O)c3ccccc3C2=O)C1. The van der Waals surface area contributed by atoms with Gasteiger partial charge in [0.2, 0.25) is 0 Å². The molecular formula is C19H16BrNO3. The number of halogens is 1. The highest BCUT2D eigenvalue weighted by Crippen LogP contribution is 2.54. The van der Waals surface area contributed by atoms with Gasteiger partial charge in [-0.05, 0) is 36.8 Å². The fourth-order valence-electron chi connectivity index (χ4n) is 4.04. The molecule has 0 radical (unpaired) electrons. The summed E-state index contributed by atoms with van der Waals surface area (Å²) in [6.07, 6.45) is 0.681. The molecule has 0 atom stereocenters. The molecule has 2 aromatic carbocycles. The van der Waals surface area contributed by atoms with Crippen molar-refractivity contribution in [2.45, 2.75) is 30.9 Å². The van der Waals surface area contributed by atoms with Crippen molar-refractivity contribution in [2.24, 2.45) is 0 Å². The van der Waals surface area contributed by atoms with E-state index >= 15 is 0 Å². The lowest BCUT2D eigenvalue weighted by Gasteiger charge is -2.55. The Bertz CT molecular complexity index is 814. The molecule has 2 aromatic rings. The van der Waals surface area contributed by atoms with Crippen LogP contribution in [0.5, 0.6) is 0 Å². The van der Waals surface area contributed by atoms with E-state index in [4.69, 9.17) is 0 Å². The minimum absolute atomic E-state index is 0.283. The lowest BCUT2D eigenvalue weighted by atomic mass is 9.61. The molecular weight excluding hydrogens is 370 g/mol. The van der Waals surface area contributed by atoms with Gasteiger partial charge in [-0.2, -0.15) is 0 Å². The zero-order valence-electron chi connectivity index (χ0n) is 13.1. The summed E-state index contributed by atoms with van der Waals surface area (Å²) in [6, 6.07) is 14.5. The monoisotopic (exact) mass is 385 g/mol. The van der Waals surface area contributed by atoms with Gasteiger partial charge in [0.1, 0.15) is 0 Å². The molecule has 1 aliphatic carbocycles. The minimum Gasteiger partial charge on any atom is -0.390 e. The predicted octanol–water partition coefficient (Wildman–Crippen LogP) is 3.49. The molecule has 1 saturated carbocycles. The van der Waals surface area contributed by atoms with Gasteiger partial charge in [0.15, 0.2) is 0 Å². The second-order valence-corrected chi connectivity index (χ2v) is 7.80. The normalized spacial score (nSPS) is 28.7. The van der Waals surface area contributed by atoms with Crippen molar-refractivity contribution >= 4 is 27.7 Å². The Morgan fingerprint density at radius 2 is 1.46 bits per heavy atom. The van der Waals surface area contributed by atoms with Gasteiger partial charge >= 0.3 is 0 Å². The quantitative estimate of drug-likeness (QED) is 0.804.